The van der Waals surface area contributed by atoms with Crippen LogP contribution in [-0.2, 0) is 23.2 Å². The smallest absolute Gasteiger partial charge is 0.248 e. The number of aryl methyl sites for hydroxylation is 1. The SMILES string of the molecule is Cc1ccc(CNC(=O)[C@H]2C[C@]34CCN(CC5CC5)[C@H](Cc5ccc(C(N)=O)cc53)[C@]4(O)C2)cc1. The Morgan fingerprint density at radius 2 is 1.91 bits per heavy atom. The summed E-state index contributed by atoms with van der Waals surface area (Å²) >= 11 is 0. The number of fused-ring (bicyclic) bond motifs is 1. The van der Waals surface area contributed by atoms with Gasteiger partial charge in [-0.3, -0.25) is 14.5 Å². The molecule has 4 N–H and O–H groups in total. The second-order valence-corrected chi connectivity index (χ2v) is 11.5. The Hall–Kier alpha value is -2.70. The van der Waals surface area contributed by atoms with Crippen LogP contribution in [0.15, 0.2) is 42.5 Å². The Balaban J connectivity index is 1.32. The number of carbonyl (C=O) groups excluding carboxylic acids is 2. The first-order chi connectivity index (χ1) is 16.8. The van der Waals surface area contributed by atoms with Gasteiger partial charge >= 0.3 is 0 Å². The molecular formula is C29H35N3O3. The highest BCUT2D eigenvalue weighted by Crippen LogP contribution is 2.61. The number of carbonyl (C=O) groups is 2. The van der Waals surface area contributed by atoms with Gasteiger partial charge in [-0.2, -0.15) is 0 Å². The van der Waals surface area contributed by atoms with Gasteiger partial charge in [-0.05, 0) is 86.7 Å². The molecular weight excluding hydrogens is 438 g/mol. The molecule has 2 saturated carbocycles. The Labute approximate surface area is 206 Å². The number of primary amides is 1. The third kappa shape index (κ3) is 3.69. The van der Waals surface area contributed by atoms with E-state index in [4.69, 9.17) is 5.73 Å². The van der Waals surface area contributed by atoms with E-state index in [1.165, 1.54) is 24.0 Å². The zero-order chi connectivity index (χ0) is 24.4. The maximum atomic E-state index is 13.4. The summed E-state index contributed by atoms with van der Waals surface area (Å²) in [5.74, 6) is 0.0259. The molecule has 2 aromatic rings. The van der Waals surface area contributed by atoms with Gasteiger partial charge in [0.15, 0.2) is 0 Å². The van der Waals surface area contributed by atoms with Crippen molar-refractivity contribution in [3.05, 3.63) is 70.3 Å². The monoisotopic (exact) mass is 473 g/mol. The quantitative estimate of drug-likeness (QED) is 0.601. The highest BCUT2D eigenvalue weighted by Gasteiger charge is 2.68. The summed E-state index contributed by atoms with van der Waals surface area (Å²) in [6, 6.07) is 13.9. The van der Waals surface area contributed by atoms with Crippen molar-refractivity contribution in [2.45, 2.75) is 69.1 Å². The number of benzene rings is 2. The van der Waals surface area contributed by atoms with Gasteiger partial charge in [-0.25, -0.2) is 0 Å². The molecule has 3 aliphatic carbocycles. The van der Waals surface area contributed by atoms with Crippen LogP contribution in [0, 0.1) is 18.8 Å². The molecule has 0 unspecified atom stereocenters. The molecule has 2 aromatic carbocycles. The van der Waals surface area contributed by atoms with Crippen molar-refractivity contribution in [3.8, 4) is 0 Å². The van der Waals surface area contributed by atoms with Crippen LogP contribution in [0.3, 0.4) is 0 Å². The average molecular weight is 474 g/mol. The van der Waals surface area contributed by atoms with Crippen molar-refractivity contribution in [2.75, 3.05) is 13.1 Å². The topological polar surface area (TPSA) is 95.7 Å². The van der Waals surface area contributed by atoms with Crippen LogP contribution in [0.1, 0.15) is 64.7 Å². The van der Waals surface area contributed by atoms with E-state index in [0.29, 0.717) is 24.9 Å². The van der Waals surface area contributed by atoms with Crippen LogP contribution in [0.25, 0.3) is 0 Å². The molecule has 184 valence electrons. The Bertz CT molecular complexity index is 1170. The normalized spacial score (nSPS) is 31.5. The van der Waals surface area contributed by atoms with Crippen molar-refractivity contribution < 1.29 is 14.7 Å². The second-order valence-electron chi connectivity index (χ2n) is 11.5. The van der Waals surface area contributed by atoms with E-state index < -0.39 is 16.9 Å². The molecule has 1 aliphatic heterocycles. The first-order valence-electron chi connectivity index (χ1n) is 13.0. The lowest BCUT2D eigenvalue weighted by molar-refractivity contribution is -0.134. The van der Waals surface area contributed by atoms with Crippen LogP contribution in [0.2, 0.25) is 0 Å². The number of nitrogens with two attached hydrogens (primary N) is 1. The molecule has 1 heterocycles. The summed E-state index contributed by atoms with van der Waals surface area (Å²) in [6.45, 7) is 4.48. The third-order valence-corrected chi connectivity index (χ3v) is 9.27. The number of hydrogen-bond acceptors (Lipinski definition) is 4. The largest absolute Gasteiger partial charge is 0.387 e. The minimum absolute atomic E-state index is 0.00123. The summed E-state index contributed by atoms with van der Waals surface area (Å²) in [5.41, 5.74) is 9.08. The first-order valence-corrected chi connectivity index (χ1v) is 13.0. The fourth-order valence-electron chi connectivity index (χ4n) is 7.22. The van der Waals surface area contributed by atoms with Gasteiger partial charge < -0.3 is 16.2 Å². The summed E-state index contributed by atoms with van der Waals surface area (Å²) in [5, 5.41) is 15.6. The zero-order valence-corrected chi connectivity index (χ0v) is 20.4. The molecule has 2 amide bonds. The predicted octanol–water partition coefficient (Wildman–Crippen LogP) is 2.83. The van der Waals surface area contributed by atoms with E-state index in [2.05, 4.69) is 29.3 Å². The van der Waals surface area contributed by atoms with Crippen molar-refractivity contribution in [2.24, 2.45) is 17.6 Å². The van der Waals surface area contributed by atoms with E-state index in [0.717, 1.165) is 43.0 Å². The molecule has 4 atom stereocenters. The van der Waals surface area contributed by atoms with Gasteiger partial charge in [0.25, 0.3) is 0 Å². The Kier molecular flexibility index (Phi) is 5.31. The fraction of sp³-hybridized carbons (Fsp3) is 0.517. The van der Waals surface area contributed by atoms with Crippen molar-refractivity contribution in [1.29, 1.82) is 0 Å². The minimum atomic E-state index is -0.991. The van der Waals surface area contributed by atoms with Crippen LogP contribution < -0.4 is 11.1 Å². The number of nitrogens with one attached hydrogen (secondary N) is 1. The predicted molar refractivity (Wildman–Crippen MR) is 134 cm³/mol. The van der Waals surface area contributed by atoms with Crippen LogP contribution in [0.4, 0.5) is 0 Å². The molecule has 0 spiro atoms. The Morgan fingerprint density at radius 3 is 2.63 bits per heavy atom. The molecule has 6 nitrogen and oxygen atoms in total. The molecule has 4 aliphatic rings. The van der Waals surface area contributed by atoms with E-state index in [9.17, 15) is 14.7 Å². The summed E-state index contributed by atoms with van der Waals surface area (Å²) < 4.78 is 0. The molecule has 6 heteroatoms. The number of hydrogen-bond donors (Lipinski definition) is 3. The van der Waals surface area contributed by atoms with E-state index in [-0.39, 0.29) is 17.9 Å². The maximum absolute atomic E-state index is 13.4. The molecule has 0 aromatic heterocycles. The molecule has 3 fully saturated rings. The van der Waals surface area contributed by atoms with Crippen LogP contribution in [0.5, 0.6) is 0 Å². The van der Waals surface area contributed by atoms with Crippen LogP contribution in [-0.4, -0.2) is 46.6 Å². The van der Waals surface area contributed by atoms with Gasteiger partial charge in [0.1, 0.15) is 0 Å². The number of aliphatic hydroxyl groups is 1. The third-order valence-electron chi connectivity index (χ3n) is 9.27. The summed E-state index contributed by atoms with van der Waals surface area (Å²) in [4.78, 5) is 27.9. The summed E-state index contributed by atoms with van der Waals surface area (Å²) in [6.07, 6.45) is 5.15. The molecule has 2 bridgehead atoms. The number of nitrogens with zero attached hydrogens (tertiary/aromatic N) is 1. The lowest BCUT2D eigenvalue weighted by atomic mass is 9.56. The highest BCUT2D eigenvalue weighted by molar-refractivity contribution is 5.93. The van der Waals surface area contributed by atoms with Gasteiger partial charge in [0, 0.05) is 36.0 Å². The fourth-order valence-corrected chi connectivity index (χ4v) is 7.22. The van der Waals surface area contributed by atoms with E-state index in [1.54, 1.807) is 0 Å². The van der Waals surface area contributed by atoms with Gasteiger partial charge in [0.05, 0.1) is 5.60 Å². The maximum Gasteiger partial charge on any atom is 0.248 e. The molecule has 6 rings (SSSR count). The standard InChI is InChI=1S/C29H35N3O3/c1-18-2-4-19(5-3-18)16-31-27(34)23-14-28-10-11-32(17-20-6-7-20)25(29(28,35)15-23)13-21-8-9-22(26(30)33)12-24(21)28/h2-5,8-9,12,20,23,25,35H,6-7,10-11,13-17H2,1H3,(H2,30,33)(H,31,34)/t23-,25+,28+,29+/m0/s1. The van der Waals surface area contributed by atoms with Crippen LogP contribution >= 0.6 is 0 Å². The lowest BCUT2D eigenvalue weighted by Crippen LogP contribution is -2.69. The second kappa shape index (κ2) is 8.17. The van der Waals surface area contributed by atoms with Crippen molar-refractivity contribution >= 4 is 11.8 Å². The van der Waals surface area contributed by atoms with Gasteiger partial charge in [0.2, 0.25) is 11.8 Å². The number of piperidine rings is 1. The van der Waals surface area contributed by atoms with E-state index >= 15 is 0 Å². The van der Waals surface area contributed by atoms with E-state index in [1.807, 2.05) is 30.3 Å². The molecule has 0 radical (unpaired) electrons. The van der Waals surface area contributed by atoms with Crippen molar-refractivity contribution in [3.63, 3.8) is 0 Å². The summed E-state index contributed by atoms with van der Waals surface area (Å²) in [7, 11) is 0. The molecule has 35 heavy (non-hydrogen) atoms. The molecule has 1 saturated heterocycles. The number of likely N-dealkylation sites (tertiary alicyclic amines) is 1. The highest BCUT2D eigenvalue weighted by atomic mass is 16.3. The van der Waals surface area contributed by atoms with Gasteiger partial charge in [-0.1, -0.05) is 35.9 Å². The lowest BCUT2D eigenvalue weighted by Gasteiger charge is -2.59. The Morgan fingerprint density at radius 1 is 1.14 bits per heavy atom. The number of rotatable bonds is 6. The first kappa shape index (κ1) is 22.7. The minimum Gasteiger partial charge on any atom is -0.387 e. The number of amides is 2. The van der Waals surface area contributed by atoms with Crippen molar-refractivity contribution in [1.82, 2.24) is 10.2 Å². The van der Waals surface area contributed by atoms with Gasteiger partial charge in [-0.15, -0.1) is 0 Å². The average Bonchev–Trinajstić information content (AvgIpc) is 3.59. The zero-order valence-electron chi connectivity index (χ0n) is 20.4.